The van der Waals surface area contributed by atoms with E-state index in [1.54, 1.807) is 0 Å². The number of hydrogen-bond donors (Lipinski definition) is 1. The number of fused-ring (bicyclic) bond motifs is 8. The second kappa shape index (κ2) is 10.2. The second-order valence-electron chi connectivity index (χ2n) is 13.1. The van der Waals surface area contributed by atoms with Crippen LogP contribution in [0.3, 0.4) is 0 Å². The number of nitrogens with zero attached hydrogens (tertiary/aromatic N) is 4. The summed E-state index contributed by atoms with van der Waals surface area (Å²) in [5.41, 5.74) is 11.9. The molecule has 1 N–H and O–H groups in total. The van der Waals surface area contributed by atoms with Gasteiger partial charge in [0.2, 0.25) is 12.2 Å². The van der Waals surface area contributed by atoms with Crippen LogP contribution in [0.5, 0.6) is 0 Å². The van der Waals surface area contributed by atoms with Crippen LogP contribution in [0.25, 0.3) is 49.9 Å². The van der Waals surface area contributed by atoms with Gasteiger partial charge in [0.05, 0.1) is 16.6 Å². The van der Waals surface area contributed by atoms with Crippen molar-refractivity contribution in [2.75, 3.05) is 0 Å². The summed E-state index contributed by atoms with van der Waals surface area (Å²) in [5, 5.41) is 7.49. The first kappa shape index (κ1) is 27.6. The number of aliphatic imine (C=N–C) groups is 2. The van der Waals surface area contributed by atoms with Crippen molar-refractivity contribution in [2.24, 2.45) is 9.98 Å². The van der Waals surface area contributed by atoms with Crippen molar-refractivity contribution in [1.82, 2.24) is 14.5 Å². The van der Waals surface area contributed by atoms with Gasteiger partial charge in [-0.25, -0.2) is 4.99 Å². The first-order chi connectivity index (χ1) is 23.0. The standard InChI is InChI=1S/C42H35N5/c1-5-15-34-26(2)28-18-10-13-22-35(28)46(34)40-43-39(27-16-7-6-8-17-27)44-41(45-40)47-36-23-14-11-19-29(36)30-24-25-33-37(38(30)47)31-20-9-12-21-32(31)42(33,3)4/h5-25,40H,1-4H3,(H,43,44,45)/b15-5-. The van der Waals surface area contributed by atoms with Gasteiger partial charge in [-0.1, -0.05) is 123 Å². The molecule has 7 aromatic rings. The molecule has 1 unspecified atom stereocenters. The topological polar surface area (TPSA) is 46.6 Å². The van der Waals surface area contributed by atoms with Gasteiger partial charge < -0.3 is 9.88 Å². The van der Waals surface area contributed by atoms with Crippen LogP contribution in [-0.2, 0) is 5.41 Å². The molecule has 2 aliphatic rings. The molecular formula is C42H35N5. The zero-order chi connectivity index (χ0) is 31.9. The highest BCUT2D eigenvalue weighted by atomic mass is 15.4. The number of aryl methyl sites for hydroxylation is 1. The van der Waals surface area contributed by atoms with Gasteiger partial charge in [-0.05, 0) is 54.3 Å². The Morgan fingerprint density at radius 2 is 1.43 bits per heavy atom. The number of aromatic nitrogens is 2. The Labute approximate surface area is 274 Å². The first-order valence-corrected chi connectivity index (χ1v) is 16.3. The summed E-state index contributed by atoms with van der Waals surface area (Å²) >= 11 is 0. The van der Waals surface area contributed by atoms with Crippen LogP contribution in [-0.4, -0.2) is 20.9 Å². The third kappa shape index (κ3) is 3.89. The second-order valence-corrected chi connectivity index (χ2v) is 13.1. The molecule has 1 aliphatic heterocycles. The van der Waals surface area contributed by atoms with Crippen LogP contribution in [0.15, 0.2) is 131 Å². The minimum atomic E-state index is -0.431. The highest BCUT2D eigenvalue weighted by Gasteiger charge is 2.38. The average molecular weight is 610 g/mol. The van der Waals surface area contributed by atoms with E-state index in [0.717, 1.165) is 28.3 Å². The van der Waals surface area contributed by atoms with Gasteiger partial charge in [0.15, 0.2) is 5.84 Å². The fraction of sp³-hybridized carbons (Fsp3) is 0.143. The summed E-state index contributed by atoms with van der Waals surface area (Å²) in [7, 11) is 0. The molecule has 1 atom stereocenters. The molecule has 9 rings (SSSR count). The zero-order valence-corrected chi connectivity index (χ0v) is 27.0. The van der Waals surface area contributed by atoms with Crippen LogP contribution in [0.4, 0.5) is 0 Å². The Kier molecular flexibility index (Phi) is 5.97. The van der Waals surface area contributed by atoms with Gasteiger partial charge >= 0.3 is 0 Å². The van der Waals surface area contributed by atoms with Crippen LogP contribution < -0.4 is 5.32 Å². The third-order valence-corrected chi connectivity index (χ3v) is 10.1. The Morgan fingerprint density at radius 1 is 0.723 bits per heavy atom. The minimum Gasteiger partial charge on any atom is -0.316 e. The summed E-state index contributed by atoms with van der Waals surface area (Å²) in [6, 6.07) is 41.1. The number of allylic oxidation sites excluding steroid dienone is 1. The molecule has 5 nitrogen and oxygen atoms in total. The normalized spacial score (nSPS) is 16.8. The lowest BCUT2D eigenvalue weighted by atomic mass is 9.82. The highest BCUT2D eigenvalue weighted by molar-refractivity contribution is 6.21. The number of para-hydroxylation sites is 2. The Balaban J connectivity index is 1.36. The van der Waals surface area contributed by atoms with Gasteiger partial charge in [-0.15, -0.1) is 0 Å². The monoisotopic (exact) mass is 609 g/mol. The summed E-state index contributed by atoms with van der Waals surface area (Å²) in [6.45, 7) is 8.94. The van der Waals surface area contributed by atoms with E-state index in [-0.39, 0.29) is 5.41 Å². The highest BCUT2D eigenvalue weighted by Crippen LogP contribution is 2.52. The molecule has 5 aromatic carbocycles. The number of nitrogens with one attached hydrogen (secondary N) is 1. The quantitative estimate of drug-likeness (QED) is 0.213. The molecule has 0 saturated heterocycles. The molecule has 5 heteroatoms. The number of amidine groups is 1. The van der Waals surface area contributed by atoms with E-state index in [4.69, 9.17) is 9.98 Å². The van der Waals surface area contributed by atoms with E-state index in [2.05, 4.69) is 163 Å². The van der Waals surface area contributed by atoms with Crippen LogP contribution in [0, 0.1) is 6.92 Å². The lowest BCUT2D eigenvalue weighted by Crippen LogP contribution is -2.40. The van der Waals surface area contributed by atoms with E-state index in [1.807, 2.05) is 6.07 Å². The summed E-state index contributed by atoms with van der Waals surface area (Å²) < 4.78 is 4.67. The van der Waals surface area contributed by atoms with Crippen LogP contribution in [0.1, 0.15) is 55.0 Å². The number of hydrogen-bond acceptors (Lipinski definition) is 3. The Hall–Kier alpha value is -5.68. The Morgan fingerprint density at radius 3 is 2.23 bits per heavy atom. The van der Waals surface area contributed by atoms with Gasteiger partial charge in [-0.3, -0.25) is 4.57 Å². The van der Waals surface area contributed by atoms with Crippen molar-refractivity contribution in [3.05, 3.63) is 149 Å². The molecule has 3 heterocycles. The average Bonchev–Trinajstić information content (AvgIpc) is 3.68. The number of rotatable bonds is 3. The fourth-order valence-electron chi connectivity index (χ4n) is 7.93. The molecule has 0 bridgehead atoms. The summed E-state index contributed by atoms with van der Waals surface area (Å²) in [6.07, 6.45) is 3.86. The number of benzene rings is 5. The smallest absolute Gasteiger partial charge is 0.213 e. The van der Waals surface area contributed by atoms with E-state index in [1.165, 1.54) is 49.5 Å². The van der Waals surface area contributed by atoms with E-state index in [9.17, 15) is 0 Å². The van der Waals surface area contributed by atoms with Crippen molar-refractivity contribution < 1.29 is 0 Å². The molecule has 47 heavy (non-hydrogen) atoms. The maximum atomic E-state index is 5.34. The van der Waals surface area contributed by atoms with Crippen LogP contribution in [0.2, 0.25) is 0 Å². The van der Waals surface area contributed by atoms with Gasteiger partial charge in [0.25, 0.3) is 0 Å². The molecule has 0 radical (unpaired) electrons. The summed E-state index contributed by atoms with van der Waals surface area (Å²) in [4.78, 5) is 10.7. The van der Waals surface area contributed by atoms with Crippen molar-refractivity contribution in [3.63, 3.8) is 0 Å². The molecule has 1 aliphatic carbocycles. The summed E-state index contributed by atoms with van der Waals surface area (Å²) in [5.74, 6) is 1.46. The predicted molar refractivity (Wildman–Crippen MR) is 196 cm³/mol. The fourth-order valence-corrected chi connectivity index (χ4v) is 7.93. The van der Waals surface area contributed by atoms with E-state index < -0.39 is 6.29 Å². The van der Waals surface area contributed by atoms with Crippen molar-refractivity contribution >= 4 is 50.6 Å². The van der Waals surface area contributed by atoms with Gasteiger partial charge in [-0.2, -0.15) is 4.99 Å². The predicted octanol–water partition coefficient (Wildman–Crippen LogP) is 9.81. The lowest BCUT2D eigenvalue weighted by Gasteiger charge is -2.27. The van der Waals surface area contributed by atoms with Gasteiger partial charge in [0.1, 0.15) is 0 Å². The van der Waals surface area contributed by atoms with E-state index >= 15 is 0 Å². The molecule has 0 fully saturated rings. The molecule has 228 valence electrons. The first-order valence-electron chi connectivity index (χ1n) is 16.3. The molecule has 0 saturated carbocycles. The molecular weight excluding hydrogens is 574 g/mol. The van der Waals surface area contributed by atoms with Crippen molar-refractivity contribution in [1.29, 1.82) is 0 Å². The largest absolute Gasteiger partial charge is 0.316 e. The third-order valence-electron chi connectivity index (χ3n) is 10.1. The molecule has 0 spiro atoms. The maximum Gasteiger partial charge on any atom is 0.213 e. The van der Waals surface area contributed by atoms with Gasteiger partial charge in [0, 0.05) is 38.4 Å². The lowest BCUT2D eigenvalue weighted by molar-refractivity contribution is 0.493. The molecule has 0 amide bonds. The van der Waals surface area contributed by atoms with Crippen molar-refractivity contribution in [2.45, 2.75) is 39.4 Å². The van der Waals surface area contributed by atoms with E-state index in [0.29, 0.717) is 5.84 Å². The van der Waals surface area contributed by atoms with Crippen LogP contribution >= 0.6 is 0 Å². The van der Waals surface area contributed by atoms with Crippen molar-refractivity contribution in [3.8, 4) is 11.1 Å². The zero-order valence-electron chi connectivity index (χ0n) is 27.0. The maximum absolute atomic E-state index is 5.34. The molecule has 2 aromatic heterocycles. The Bertz CT molecular complexity index is 2490. The minimum absolute atomic E-state index is 0.120. The SMILES string of the molecule is C/C=C\c1c(C)c2ccccc2n1C1N=C(c2ccccc2)N=C(n2c3ccccc3c3ccc4c(c32)-c2ccccc2C4(C)C)N1.